The second-order valence-corrected chi connectivity index (χ2v) is 4.23. The summed E-state index contributed by atoms with van der Waals surface area (Å²) in [6.45, 7) is 7.76. The third-order valence-corrected chi connectivity index (χ3v) is 2.03. The maximum atomic E-state index is 11.3. The third-order valence-electron chi connectivity index (χ3n) is 2.03. The Morgan fingerprint density at radius 2 is 2.00 bits per heavy atom. The minimum Gasteiger partial charge on any atom is -0.460 e. The molecule has 0 aromatic heterocycles. The van der Waals surface area contributed by atoms with Gasteiger partial charge in [0.25, 0.3) is 0 Å². The van der Waals surface area contributed by atoms with E-state index < -0.39 is 5.60 Å². The zero-order valence-electron chi connectivity index (χ0n) is 9.92. The number of hydrogen-bond acceptors (Lipinski definition) is 3. The quantitative estimate of drug-likeness (QED) is 0.621. The number of hydrogen-bond donors (Lipinski definition) is 0. The molecule has 0 fully saturated rings. The molecule has 0 heterocycles. The smallest absolute Gasteiger partial charge is 0.306 e. The minimum absolute atomic E-state index is 0.111. The summed E-state index contributed by atoms with van der Waals surface area (Å²) in [4.78, 5) is 11.3. The highest BCUT2D eigenvalue weighted by Crippen LogP contribution is 2.19. The fraction of sp³-hybridized carbons (Fsp3) is 0.909. The second kappa shape index (κ2) is 6.02. The number of methoxy groups -OCH3 is 1. The van der Waals surface area contributed by atoms with Crippen LogP contribution >= 0.6 is 0 Å². The summed E-state index contributed by atoms with van der Waals surface area (Å²) in [7, 11) is 1.66. The molecule has 0 spiro atoms. The van der Waals surface area contributed by atoms with Crippen LogP contribution in [0.1, 0.15) is 47.0 Å². The van der Waals surface area contributed by atoms with E-state index in [9.17, 15) is 4.79 Å². The maximum absolute atomic E-state index is 11.3. The molecule has 84 valence electrons. The number of ether oxygens (including phenoxy) is 2. The van der Waals surface area contributed by atoms with Gasteiger partial charge >= 0.3 is 5.97 Å². The normalized spacial score (nSPS) is 13.8. The standard InChI is InChI=1S/C11H22O3/c1-6-7-10(12)14-11(3,4)8-9(2)13-5/h9H,6-8H2,1-5H3. The van der Waals surface area contributed by atoms with E-state index in [1.54, 1.807) is 7.11 Å². The monoisotopic (exact) mass is 202 g/mol. The summed E-state index contributed by atoms with van der Waals surface area (Å²) < 4.78 is 10.5. The number of carbonyl (C=O) groups is 1. The van der Waals surface area contributed by atoms with Crippen LogP contribution < -0.4 is 0 Å². The molecule has 0 aliphatic heterocycles. The van der Waals surface area contributed by atoms with E-state index in [4.69, 9.17) is 9.47 Å². The van der Waals surface area contributed by atoms with Crippen molar-refractivity contribution in [3.8, 4) is 0 Å². The van der Waals surface area contributed by atoms with Gasteiger partial charge in [-0.1, -0.05) is 6.92 Å². The van der Waals surface area contributed by atoms with Crippen molar-refractivity contribution in [1.82, 2.24) is 0 Å². The first-order chi connectivity index (χ1) is 6.41. The summed E-state index contributed by atoms with van der Waals surface area (Å²) in [5.74, 6) is -0.124. The van der Waals surface area contributed by atoms with E-state index in [1.807, 2.05) is 27.7 Å². The van der Waals surface area contributed by atoms with Crippen LogP contribution in [-0.2, 0) is 14.3 Å². The van der Waals surface area contributed by atoms with Gasteiger partial charge in [-0.05, 0) is 27.2 Å². The van der Waals surface area contributed by atoms with Gasteiger partial charge in [0.15, 0.2) is 0 Å². The molecule has 3 heteroatoms. The summed E-state index contributed by atoms with van der Waals surface area (Å²) in [6.07, 6.45) is 2.15. The minimum atomic E-state index is -0.429. The van der Waals surface area contributed by atoms with Gasteiger partial charge in [-0.2, -0.15) is 0 Å². The van der Waals surface area contributed by atoms with Crippen molar-refractivity contribution in [2.75, 3.05) is 7.11 Å². The highest BCUT2D eigenvalue weighted by atomic mass is 16.6. The molecule has 0 amide bonds. The van der Waals surface area contributed by atoms with Crippen molar-refractivity contribution in [2.45, 2.75) is 58.7 Å². The zero-order chi connectivity index (χ0) is 11.2. The maximum Gasteiger partial charge on any atom is 0.306 e. The Morgan fingerprint density at radius 1 is 1.43 bits per heavy atom. The van der Waals surface area contributed by atoms with Crippen molar-refractivity contribution in [3.05, 3.63) is 0 Å². The Kier molecular flexibility index (Phi) is 5.77. The van der Waals surface area contributed by atoms with Gasteiger partial charge in [-0.15, -0.1) is 0 Å². The molecule has 0 aromatic carbocycles. The molecule has 0 saturated heterocycles. The molecule has 0 rings (SSSR count). The van der Waals surface area contributed by atoms with Crippen LogP contribution in [0.3, 0.4) is 0 Å². The molecule has 14 heavy (non-hydrogen) atoms. The average molecular weight is 202 g/mol. The zero-order valence-corrected chi connectivity index (χ0v) is 9.92. The molecule has 1 atom stereocenters. The predicted octanol–water partition coefficient (Wildman–Crippen LogP) is 2.53. The number of rotatable bonds is 6. The predicted molar refractivity (Wildman–Crippen MR) is 56.2 cm³/mol. The van der Waals surface area contributed by atoms with Gasteiger partial charge in [0.2, 0.25) is 0 Å². The molecule has 0 bridgehead atoms. The molecule has 0 radical (unpaired) electrons. The van der Waals surface area contributed by atoms with E-state index in [1.165, 1.54) is 0 Å². The van der Waals surface area contributed by atoms with Crippen LogP contribution in [0.4, 0.5) is 0 Å². The molecule has 0 N–H and O–H groups in total. The summed E-state index contributed by atoms with van der Waals surface area (Å²) >= 11 is 0. The van der Waals surface area contributed by atoms with Crippen LogP contribution in [0.15, 0.2) is 0 Å². The largest absolute Gasteiger partial charge is 0.460 e. The molecule has 0 aliphatic rings. The highest BCUT2D eigenvalue weighted by molar-refractivity contribution is 5.69. The summed E-state index contributed by atoms with van der Waals surface area (Å²) in [6, 6.07) is 0. The van der Waals surface area contributed by atoms with Crippen molar-refractivity contribution < 1.29 is 14.3 Å². The Bertz CT molecular complexity index is 175. The molecule has 3 nitrogen and oxygen atoms in total. The van der Waals surface area contributed by atoms with E-state index in [2.05, 4.69) is 0 Å². The average Bonchev–Trinajstić information content (AvgIpc) is 2.02. The van der Waals surface area contributed by atoms with Crippen molar-refractivity contribution in [1.29, 1.82) is 0 Å². The first kappa shape index (κ1) is 13.4. The Morgan fingerprint density at radius 3 is 2.43 bits per heavy atom. The van der Waals surface area contributed by atoms with Crippen LogP contribution in [0.25, 0.3) is 0 Å². The lowest BCUT2D eigenvalue weighted by Crippen LogP contribution is -2.32. The molecule has 0 aliphatic carbocycles. The molecule has 0 aromatic rings. The second-order valence-electron chi connectivity index (χ2n) is 4.23. The van der Waals surface area contributed by atoms with Gasteiger partial charge < -0.3 is 9.47 Å². The summed E-state index contributed by atoms with van der Waals surface area (Å²) in [5.41, 5.74) is -0.429. The number of carbonyl (C=O) groups excluding carboxylic acids is 1. The fourth-order valence-electron chi connectivity index (χ4n) is 1.38. The van der Waals surface area contributed by atoms with Gasteiger partial charge in [0.05, 0.1) is 6.10 Å². The van der Waals surface area contributed by atoms with E-state index in [-0.39, 0.29) is 12.1 Å². The lowest BCUT2D eigenvalue weighted by Gasteiger charge is -2.27. The van der Waals surface area contributed by atoms with E-state index in [0.29, 0.717) is 6.42 Å². The van der Waals surface area contributed by atoms with Crippen molar-refractivity contribution in [3.63, 3.8) is 0 Å². The van der Waals surface area contributed by atoms with E-state index in [0.717, 1.165) is 12.8 Å². The van der Waals surface area contributed by atoms with Crippen molar-refractivity contribution >= 4 is 5.97 Å². The van der Waals surface area contributed by atoms with E-state index >= 15 is 0 Å². The molecule has 0 saturated carbocycles. The van der Waals surface area contributed by atoms with Crippen LogP contribution in [0, 0.1) is 0 Å². The van der Waals surface area contributed by atoms with Crippen LogP contribution in [-0.4, -0.2) is 24.8 Å². The van der Waals surface area contributed by atoms with Gasteiger partial charge in [0.1, 0.15) is 5.60 Å². The third kappa shape index (κ3) is 5.97. The van der Waals surface area contributed by atoms with Gasteiger partial charge in [-0.3, -0.25) is 4.79 Å². The molecular weight excluding hydrogens is 180 g/mol. The van der Waals surface area contributed by atoms with Gasteiger partial charge in [-0.25, -0.2) is 0 Å². The lowest BCUT2D eigenvalue weighted by atomic mass is 10.0. The van der Waals surface area contributed by atoms with Crippen LogP contribution in [0.2, 0.25) is 0 Å². The van der Waals surface area contributed by atoms with Crippen molar-refractivity contribution in [2.24, 2.45) is 0 Å². The Hall–Kier alpha value is -0.570. The molecule has 1 unspecified atom stereocenters. The molecular formula is C11H22O3. The first-order valence-electron chi connectivity index (χ1n) is 5.16. The topological polar surface area (TPSA) is 35.5 Å². The fourth-order valence-corrected chi connectivity index (χ4v) is 1.38. The Labute approximate surface area is 86.8 Å². The Balaban J connectivity index is 3.99. The first-order valence-corrected chi connectivity index (χ1v) is 5.16. The highest BCUT2D eigenvalue weighted by Gasteiger charge is 2.24. The lowest BCUT2D eigenvalue weighted by molar-refractivity contribution is -0.159. The van der Waals surface area contributed by atoms with Gasteiger partial charge in [0, 0.05) is 20.0 Å². The number of esters is 1. The van der Waals surface area contributed by atoms with Crippen LogP contribution in [0.5, 0.6) is 0 Å². The summed E-state index contributed by atoms with van der Waals surface area (Å²) in [5, 5.41) is 0. The SMILES string of the molecule is CCCC(=O)OC(C)(C)CC(C)OC.